The summed E-state index contributed by atoms with van der Waals surface area (Å²) in [6.07, 6.45) is 4.19. The molecule has 0 spiro atoms. The van der Waals surface area contributed by atoms with E-state index in [-0.39, 0.29) is 30.0 Å². The Bertz CT molecular complexity index is 1800. The van der Waals surface area contributed by atoms with Gasteiger partial charge in [-0.25, -0.2) is 13.8 Å². The molecular weight excluding hydrogens is 544 g/mol. The first-order valence-electron chi connectivity index (χ1n) is 13.1. The number of nitrogens with two attached hydrogens (primary N) is 1. The molecule has 0 atom stereocenters. The van der Waals surface area contributed by atoms with Gasteiger partial charge in [-0.15, -0.1) is 0 Å². The molecule has 0 radical (unpaired) electrons. The smallest absolute Gasteiger partial charge is 0.247 e. The van der Waals surface area contributed by atoms with Gasteiger partial charge in [0.15, 0.2) is 17.2 Å². The number of ether oxygens (including phenoxy) is 2. The van der Waals surface area contributed by atoms with Crippen LogP contribution in [0.3, 0.4) is 0 Å². The van der Waals surface area contributed by atoms with Crippen molar-refractivity contribution in [3.8, 4) is 17.2 Å². The number of aromatic nitrogens is 3. The van der Waals surface area contributed by atoms with Gasteiger partial charge in [0.2, 0.25) is 11.8 Å². The highest BCUT2D eigenvalue weighted by atomic mass is 19.1. The second kappa shape index (κ2) is 10.6. The van der Waals surface area contributed by atoms with E-state index in [9.17, 15) is 14.0 Å². The van der Waals surface area contributed by atoms with Crippen molar-refractivity contribution in [2.75, 3.05) is 12.0 Å². The summed E-state index contributed by atoms with van der Waals surface area (Å²) >= 11 is 0. The fourth-order valence-electron chi connectivity index (χ4n) is 4.83. The molecule has 0 bridgehead atoms. The van der Waals surface area contributed by atoms with Gasteiger partial charge in [0, 0.05) is 29.9 Å². The van der Waals surface area contributed by atoms with Crippen LogP contribution < -0.4 is 20.1 Å². The van der Waals surface area contributed by atoms with E-state index in [0.29, 0.717) is 28.8 Å². The number of fused-ring (bicyclic) bond motifs is 1. The molecule has 212 valence electrons. The second-order valence-electron chi connectivity index (χ2n) is 10.0. The molecular formula is C31H25F2N5O4. The maximum Gasteiger partial charge on any atom is 0.247 e. The van der Waals surface area contributed by atoms with Gasteiger partial charge in [0.1, 0.15) is 22.7 Å². The number of methoxy groups -OCH3 is 1. The van der Waals surface area contributed by atoms with Gasteiger partial charge in [-0.1, -0.05) is 12.1 Å². The summed E-state index contributed by atoms with van der Waals surface area (Å²) in [6, 6.07) is 16.6. The van der Waals surface area contributed by atoms with Crippen molar-refractivity contribution in [1.82, 2.24) is 15.2 Å². The van der Waals surface area contributed by atoms with Crippen molar-refractivity contribution in [2.24, 2.45) is 11.1 Å². The Kier molecular flexibility index (Phi) is 6.77. The van der Waals surface area contributed by atoms with Gasteiger partial charge in [0.25, 0.3) is 0 Å². The molecule has 9 nitrogen and oxygen atoms in total. The van der Waals surface area contributed by atoms with E-state index in [1.807, 2.05) is 24.3 Å². The number of halogens is 2. The molecule has 0 unspecified atom stereocenters. The van der Waals surface area contributed by atoms with E-state index in [1.165, 1.54) is 41.3 Å². The van der Waals surface area contributed by atoms with Crippen LogP contribution in [-0.2, 0) is 16.0 Å². The first-order chi connectivity index (χ1) is 20.3. The standard InChI is InChI=1S/C31H25F2N5O4/c1-41-23-9-2-18(3-10-23)14-19-16-35-28-24(17-36-37-28)27(19)42-26-11-8-22(15-25(26)33)38(21-6-4-20(32)5-7-21)30(40)31(12-13-31)29(34)39/h2-11,15-17H,12-14H2,1H3,(H2,34,39)(H,35,36,37). The van der Waals surface area contributed by atoms with Gasteiger partial charge in [0.05, 0.1) is 24.4 Å². The highest BCUT2D eigenvalue weighted by Gasteiger charge is 2.57. The normalized spacial score (nSPS) is 13.5. The molecule has 2 heterocycles. The third-order valence-electron chi connectivity index (χ3n) is 7.36. The number of anilines is 2. The minimum atomic E-state index is -1.39. The molecule has 1 aliphatic rings. The molecule has 6 rings (SSSR count). The zero-order valence-electron chi connectivity index (χ0n) is 22.4. The monoisotopic (exact) mass is 569 g/mol. The molecule has 1 aliphatic carbocycles. The lowest BCUT2D eigenvalue weighted by Crippen LogP contribution is -2.41. The van der Waals surface area contributed by atoms with Crippen LogP contribution in [-0.4, -0.2) is 34.1 Å². The topological polar surface area (TPSA) is 123 Å². The predicted molar refractivity (Wildman–Crippen MR) is 151 cm³/mol. The van der Waals surface area contributed by atoms with Crippen LogP contribution in [0, 0.1) is 17.0 Å². The third-order valence-corrected chi connectivity index (χ3v) is 7.36. The fraction of sp³-hybridized carbons (Fsp3) is 0.161. The van der Waals surface area contributed by atoms with Gasteiger partial charge in [-0.3, -0.25) is 19.6 Å². The number of primary amides is 1. The van der Waals surface area contributed by atoms with Gasteiger partial charge < -0.3 is 15.2 Å². The number of hydrogen-bond donors (Lipinski definition) is 2. The first kappa shape index (κ1) is 26.9. The van der Waals surface area contributed by atoms with E-state index in [1.54, 1.807) is 19.5 Å². The minimum absolute atomic E-state index is 0.106. The molecule has 3 N–H and O–H groups in total. The number of carbonyl (C=O) groups is 2. The van der Waals surface area contributed by atoms with E-state index in [4.69, 9.17) is 15.2 Å². The quantitative estimate of drug-likeness (QED) is 0.224. The summed E-state index contributed by atoms with van der Waals surface area (Å²) in [6.45, 7) is 0. The number of nitrogens with one attached hydrogen (secondary N) is 1. The zero-order chi connectivity index (χ0) is 29.4. The molecule has 1 fully saturated rings. The molecule has 2 amide bonds. The molecule has 3 aromatic carbocycles. The van der Waals surface area contributed by atoms with Crippen molar-refractivity contribution in [3.05, 3.63) is 102 Å². The van der Waals surface area contributed by atoms with Crippen LogP contribution in [0.5, 0.6) is 17.2 Å². The average Bonchev–Trinajstić information content (AvgIpc) is 3.68. The van der Waals surface area contributed by atoms with Crippen LogP contribution in [0.25, 0.3) is 11.0 Å². The zero-order valence-corrected chi connectivity index (χ0v) is 22.4. The summed E-state index contributed by atoms with van der Waals surface area (Å²) in [4.78, 5) is 31.3. The summed E-state index contributed by atoms with van der Waals surface area (Å²) < 4.78 is 40.8. The molecule has 0 saturated heterocycles. The number of benzene rings is 3. The van der Waals surface area contributed by atoms with Gasteiger partial charge >= 0.3 is 0 Å². The minimum Gasteiger partial charge on any atom is -0.497 e. The highest BCUT2D eigenvalue weighted by Crippen LogP contribution is 2.49. The summed E-state index contributed by atoms with van der Waals surface area (Å²) in [7, 11) is 1.59. The molecule has 5 aromatic rings. The molecule has 0 aliphatic heterocycles. The Balaban J connectivity index is 1.36. The maximum atomic E-state index is 15.7. The Hall–Kier alpha value is -5.32. The largest absolute Gasteiger partial charge is 0.497 e. The number of rotatable bonds is 9. The van der Waals surface area contributed by atoms with Crippen molar-refractivity contribution in [2.45, 2.75) is 19.3 Å². The van der Waals surface area contributed by atoms with Crippen LogP contribution >= 0.6 is 0 Å². The first-order valence-corrected chi connectivity index (χ1v) is 13.1. The van der Waals surface area contributed by atoms with E-state index in [0.717, 1.165) is 17.4 Å². The Morgan fingerprint density at radius 3 is 2.36 bits per heavy atom. The van der Waals surface area contributed by atoms with Crippen molar-refractivity contribution >= 4 is 34.2 Å². The van der Waals surface area contributed by atoms with Gasteiger partial charge in [-0.05, 0) is 66.9 Å². The van der Waals surface area contributed by atoms with Crippen molar-refractivity contribution < 1.29 is 27.8 Å². The Labute approximate surface area is 238 Å². The lowest BCUT2D eigenvalue weighted by molar-refractivity contribution is -0.133. The lowest BCUT2D eigenvalue weighted by atomic mass is 10.0. The number of nitrogens with zero attached hydrogens (tertiary/aromatic N) is 3. The number of hydrogen-bond acceptors (Lipinski definition) is 6. The molecule has 11 heteroatoms. The lowest BCUT2D eigenvalue weighted by Gasteiger charge is -2.27. The average molecular weight is 570 g/mol. The number of carbonyl (C=O) groups excluding carboxylic acids is 2. The molecule has 1 saturated carbocycles. The third kappa shape index (κ3) is 4.89. The van der Waals surface area contributed by atoms with Crippen LogP contribution in [0.4, 0.5) is 20.2 Å². The number of H-pyrrole nitrogens is 1. The highest BCUT2D eigenvalue weighted by molar-refractivity contribution is 6.16. The van der Waals surface area contributed by atoms with Crippen molar-refractivity contribution in [3.63, 3.8) is 0 Å². The number of pyridine rings is 1. The Morgan fingerprint density at radius 2 is 1.71 bits per heavy atom. The van der Waals surface area contributed by atoms with Crippen LogP contribution in [0.15, 0.2) is 79.1 Å². The predicted octanol–water partition coefficient (Wildman–Crippen LogP) is 5.56. The Morgan fingerprint density at radius 1 is 1.00 bits per heavy atom. The maximum absolute atomic E-state index is 15.7. The van der Waals surface area contributed by atoms with Crippen LogP contribution in [0.2, 0.25) is 0 Å². The number of amides is 2. The summed E-state index contributed by atoms with van der Waals surface area (Å²) in [5.74, 6) is -1.65. The SMILES string of the molecule is COc1ccc(Cc2cnc3[nH]ncc3c2Oc2ccc(N(C(=O)C3(C(N)=O)CC3)c3ccc(F)cc3)cc2F)cc1. The van der Waals surface area contributed by atoms with Crippen molar-refractivity contribution in [1.29, 1.82) is 0 Å². The van der Waals surface area contributed by atoms with E-state index in [2.05, 4.69) is 15.2 Å². The number of aromatic amines is 1. The second-order valence-corrected chi connectivity index (χ2v) is 10.0. The van der Waals surface area contributed by atoms with E-state index < -0.39 is 28.9 Å². The van der Waals surface area contributed by atoms with E-state index >= 15 is 4.39 Å². The fourth-order valence-corrected chi connectivity index (χ4v) is 4.83. The van der Waals surface area contributed by atoms with Crippen LogP contribution in [0.1, 0.15) is 24.0 Å². The molecule has 42 heavy (non-hydrogen) atoms. The summed E-state index contributed by atoms with van der Waals surface area (Å²) in [5.41, 5.74) is 6.67. The summed E-state index contributed by atoms with van der Waals surface area (Å²) in [5, 5.41) is 7.40. The van der Waals surface area contributed by atoms with Gasteiger partial charge in [-0.2, -0.15) is 5.10 Å². The molecule has 2 aromatic heterocycles.